The zero-order valence-corrected chi connectivity index (χ0v) is 14.7. The van der Waals surface area contributed by atoms with Crippen LogP contribution in [0.5, 0.6) is 0 Å². The van der Waals surface area contributed by atoms with E-state index in [0.29, 0.717) is 6.54 Å². The van der Waals surface area contributed by atoms with Gasteiger partial charge in [0.25, 0.3) is 5.91 Å². The summed E-state index contributed by atoms with van der Waals surface area (Å²) in [4.78, 5) is 18.8. The molecule has 130 valence electrons. The third kappa shape index (κ3) is 1.94. The van der Waals surface area contributed by atoms with Gasteiger partial charge in [-0.1, -0.05) is 66.7 Å². The third-order valence-electron chi connectivity index (χ3n) is 6.04. The number of para-hydroxylation sites is 1. The lowest BCUT2D eigenvalue weighted by Gasteiger charge is -2.36. The summed E-state index contributed by atoms with van der Waals surface area (Å²) in [6.07, 6.45) is 0. The smallest absolute Gasteiger partial charge is 0.255 e. The number of aromatic nitrogens is 1. The summed E-state index contributed by atoms with van der Waals surface area (Å²) in [6.45, 7) is 0.705. The number of hydrogen-bond acceptors (Lipinski definition) is 1. The van der Waals surface area contributed by atoms with Crippen LogP contribution in [0.4, 0.5) is 0 Å². The molecule has 3 aromatic carbocycles. The molecule has 0 radical (unpaired) electrons. The van der Waals surface area contributed by atoms with Gasteiger partial charge in [-0.25, -0.2) is 0 Å². The second-order valence-corrected chi connectivity index (χ2v) is 7.41. The molecule has 0 aliphatic carbocycles. The fourth-order valence-electron chi connectivity index (χ4n) is 4.89. The molecular weight excluding hydrogens is 332 g/mol. The van der Waals surface area contributed by atoms with Gasteiger partial charge in [-0.05, 0) is 28.8 Å². The van der Waals surface area contributed by atoms with Gasteiger partial charge in [-0.15, -0.1) is 0 Å². The second-order valence-electron chi connectivity index (χ2n) is 7.41. The van der Waals surface area contributed by atoms with Gasteiger partial charge in [-0.3, -0.25) is 4.79 Å². The predicted octanol–water partition coefficient (Wildman–Crippen LogP) is 4.86. The van der Waals surface area contributed by atoms with Crippen LogP contribution in [0.1, 0.15) is 44.7 Å². The van der Waals surface area contributed by atoms with Crippen molar-refractivity contribution in [3.63, 3.8) is 0 Å². The fourth-order valence-corrected chi connectivity index (χ4v) is 4.89. The molecule has 2 aliphatic heterocycles. The van der Waals surface area contributed by atoms with Crippen molar-refractivity contribution in [1.29, 1.82) is 0 Å². The number of H-pyrrole nitrogens is 1. The summed E-state index contributed by atoms with van der Waals surface area (Å²) in [7, 11) is 0. The van der Waals surface area contributed by atoms with E-state index in [2.05, 4.69) is 59.6 Å². The van der Waals surface area contributed by atoms with Crippen LogP contribution in [-0.2, 0) is 0 Å². The molecule has 3 nitrogen and oxygen atoms in total. The Morgan fingerprint density at radius 1 is 0.852 bits per heavy atom. The number of carbonyl (C=O) groups is 1. The molecule has 1 N–H and O–H groups in total. The van der Waals surface area contributed by atoms with E-state index < -0.39 is 0 Å². The van der Waals surface area contributed by atoms with Crippen LogP contribution in [0.15, 0.2) is 78.9 Å². The standard InChI is InChI=1S/C24H18N2O/c27-24-17-11-5-4-10-16(17)23-22-21(18-12-6-7-13-20(18)25-22)19(14-26(23)24)15-8-2-1-3-9-15/h1-13,19,23,25H,14H2. The quantitative estimate of drug-likeness (QED) is 0.523. The SMILES string of the molecule is O=C1c2ccccc2C2c3[nH]c4ccccc4c3C(c3ccccc3)CN12. The number of nitrogens with one attached hydrogen (secondary N) is 1. The zero-order chi connectivity index (χ0) is 18.0. The molecule has 2 atom stereocenters. The van der Waals surface area contributed by atoms with Gasteiger partial charge in [0.15, 0.2) is 0 Å². The molecule has 3 heterocycles. The number of benzene rings is 3. The topological polar surface area (TPSA) is 36.1 Å². The Kier molecular flexibility index (Phi) is 2.92. The van der Waals surface area contributed by atoms with Crippen LogP contribution in [0.3, 0.4) is 0 Å². The van der Waals surface area contributed by atoms with Gasteiger partial charge in [0.05, 0.1) is 6.04 Å². The van der Waals surface area contributed by atoms with Crippen LogP contribution < -0.4 is 0 Å². The van der Waals surface area contributed by atoms with E-state index in [4.69, 9.17) is 0 Å². The normalized spacial score (nSPS) is 20.4. The highest BCUT2D eigenvalue weighted by molar-refractivity contribution is 6.01. The summed E-state index contributed by atoms with van der Waals surface area (Å²) in [5, 5.41) is 1.26. The molecule has 6 rings (SSSR count). The van der Waals surface area contributed by atoms with Gasteiger partial charge in [-0.2, -0.15) is 0 Å². The Hall–Kier alpha value is -3.33. The molecule has 0 saturated carbocycles. The molecule has 3 heteroatoms. The van der Waals surface area contributed by atoms with E-state index in [1.165, 1.54) is 16.5 Å². The molecule has 0 saturated heterocycles. The van der Waals surface area contributed by atoms with E-state index >= 15 is 0 Å². The highest BCUT2D eigenvalue weighted by atomic mass is 16.2. The van der Waals surface area contributed by atoms with Crippen molar-refractivity contribution in [3.05, 3.63) is 107 Å². The molecule has 0 spiro atoms. The largest absolute Gasteiger partial charge is 0.356 e. The lowest BCUT2D eigenvalue weighted by molar-refractivity contribution is 0.0727. The minimum atomic E-state index is -0.0175. The number of nitrogens with zero attached hydrogens (tertiary/aromatic N) is 1. The monoisotopic (exact) mass is 350 g/mol. The number of rotatable bonds is 1. The lowest BCUT2D eigenvalue weighted by atomic mass is 9.83. The number of hydrogen-bond donors (Lipinski definition) is 1. The van der Waals surface area contributed by atoms with Crippen molar-refractivity contribution in [2.75, 3.05) is 6.54 Å². The molecule has 1 amide bonds. The van der Waals surface area contributed by atoms with E-state index in [1.54, 1.807) is 0 Å². The Morgan fingerprint density at radius 3 is 2.48 bits per heavy atom. The van der Waals surface area contributed by atoms with Crippen molar-refractivity contribution in [2.24, 2.45) is 0 Å². The molecule has 4 aromatic rings. The number of carbonyl (C=O) groups excluding carboxylic acids is 1. The Bertz CT molecular complexity index is 1190. The average molecular weight is 350 g/mol. The van der Waals surface area contributed by atoms with E-state index in [-0.39, 0.29) is 17.9 Å². The van der Waals surface area contributed by atoms with E-state index in [0.717, 1.165) is 22.3 Å². The Balaban J connectivity index is 1.66. The van der Waals surface area contributed by atoms with Crippen molar-refractivity contribution >= 4 is 16.8 Å². The number of amides is 1. The summed E-state index contributed by atoms with van der Waals surface area (Å²) in [5.41, 5.74) is 6.84. The molecule has 1 aromatic heterocycles. The van der Waals surface area contributed by atoms with Gasteiger partial charge < -0.3 is 9.88 Å². The van der Waals surface area contributed by atoms with Gasteiger partial charge in [0, 0.05) is 34.6 Å². The first-order valence-corrected chi connectivity index (χ1v) is 9.38. The lowest BCUT2D eigenvalue weighted by Crippen LogP contribution is -2.37. The summed E-state index contributed by atoms with van der Waals surface area (Å²) < 4.78 is 0. The van der Waals surface area contributed by atoms with Crippen LogP contribution in [0, 0.1) is 0 Å². The van der Waals surface area contributed by atoms with Crippen LogP contribution in [-0.4, -0.2) is 22.3 Å². The highest BCUT2D eigenvalue weighted by Crippen LogP contribution is 2.49. The first-order valence-electron chi connectivity index (χ1n) is 9.38. The molecule has 2 unspecified atom stereocenters. The van der Waals surface area contributed by atoms with Crippen molar-refractivity contribution in [2.45, 2.75) is 12.0 Å². The molecular formula is C24H18N2O. The van der Waals surface area contributed by atoms with Crippen molar-refractivity contribution in [1.82, 2.24) is 9.88 Å². The third-order valence-corrected chi connectivity index (χ3v) is 6.04. The molecule has 0 fully saturated rings. The van der Waals surface area contributed by atoms with Crippen molar-refractivity contribution < 1.29 is 4.79 Å². The minimum absolute atomic E-state index is 0.0175. The highest BCUT2D eigenvalue weighted by Gasteiger charge is 2.45. The zero-order valence-electron chi connectivity index (χ0n) is 14.7. The maximum atomic E-state index is 13.1. The maximum Gasteiger partial charge on any atom is 0.255 e. The maximum absolute atomic E-state index is 13.1. The molecule has 27 heavy (non-hydrogen) atoms. The molecule has 2 aliphatic rings. The predicted molar refractivity (Wildman–Crippen MR) is 106 cm³/mol. The van der Waals surface area contributed by atoms with Crippen LogP contribution in [0.2, 0.25) is 0 Å². The minimum Gasteiger partial charge on any atom is -0.356 e. The summed E-state index contributed by atoms with van der Waals surface area (Å²) in [5.74, 6) is 0.313. The Morgan fingerprint density at radius 2 is 1.59 bits per heavy atom. The Labute approximate surface area is 157 Å². The van der Waals surface area contributed by atoms with Crippen LogP contribution >= 0.6 is 0 Å². The first kappa shape index (κ1) is 14.8. The van der Waals surface area contributed by atoms with Crippen molar-refractivity contribution in [3.8, 4) is 0 Å². The summed E-state index contributed by atoms with van der Waals surface area (Å²) in [6, 6.07) is 27.0. The number of fused-ring (bicyclic) bond motifs is 7. The number of aromatic amines is 1. The first-order chi connectivity index (χ1) is 13.3. The van der Waals surface area contributed by atoms with Gasteiger partial charge in [0.2, 0.25) is 0 Å². The van der Waals surface area contributed by atoms with E-state index in [1.807, 2.05) is 29.2 Å². The fraction of sp³-hybridized carbons (Fsp3) is 0.125. The van der Waals surface area contributed by atoms with E-state index in [9.17, 15) is 4.79 Å². The van der Waals surface area contributed by atoms with Gasteiger partial charge >= 0.3 is 0 Å². The van der Waals surface area contributed by atoms with Gasteiger partial charge in [0.1, 0.15) is 0 Å². The average Bonchev–Trinajstić information content (AvgIpc) is 3.25. The molecule has 0 bridgehead atoms. The summed E-state index contributed by atoms with van der Waals surface area (Å²) >= 11 is 0. The second kappa shape index (κ2) is 5.34. The van der Waals surface area contributed by atoms with Crippen LogP contribution in [0.25, 0.3) is 10.9 Å².